The fraction of sp³-hybridized carbons (Fsp3) is 0.304. The molecule has 1 saturated heterocycles. The van der Waals surface area contributed by atoms with Crippen LogP contribution in [0.25, 0.3) is 5.76 Å². The summed E-state index contributed by atoms with van der Waals surface area (Å²) in [7, 11) is 1.59. The van der Waals surface area contributed by atoms with Gasteiger partial charge in [-0.05, 0) is 64.9 Å². The molecule has 1 unspecified atom stereocenters. The SMILES string of the molecule is COCCCN1C(=O)C(=O)C(=C(O)c2ccc3c(c2)OCCO3)C1c1ccc(I)cc1. The molecule has 0 radical (unpaired) electrons. The van der Waals surface area contributed by atoms with Gasteiger partial charge in [-0.3, -0.25) is 9.59 Å². The normalized spacial score (nSPS) is 19.7. The molecule has 2 aromatic carbocycles. The van der Waals surface area contributed by atoms with Crippen molar-refractivity contribution < 1.29 is 28.9 Å². The number of aliphatic hydroxyl groups excluding tert-OH is 1. The molecular formula is C23H22INO6. The number of Topliss-reactive ketones (excluding diaryl/α,β-unsaturated/α-hetero) is 1. The summed E-state index contributed by atoms with van der Waals surface area (Å²) in [4.78, 5) is 27.4. The lowest BCUT2D eigenvalue weighted by atomic mass is 9.95. The fourth-order valence-corrected chi connectivity index (χ4v) is 4.19. The Morgan fingerprint density at radius 3 is 2.55 bits per heavy atom. The first-order valence-electron chi connectivity index (χ1n) is 9.94. The van der Waals surface area contributed by atoms with Crippen molar-refractivity contribution in [2.45, 2.75) is 12.5 Å². The van der Waals surface area contributed by atoms with Crippen molar-refractivity contribution in [3.05, 3.63) is 62.7 Å². The minimum absolute atomic E-state index is 0.0697. The summed E-state index contributed by atoms with van der Waals surface area (Å²) in [5.74, 6) is -0.479. The molecule has 0 bridgehead atoms. The molecule has 1 N–H and O–H groups in total. The molecule has 1 amide bonds. The van der Waals surface area contributed by atoms with E-state index < -0.39 is 17.7 Å². The second-order valence-corrected chi connectivity index (χ2v) is 8.49. The number of aliphatic hydroxyl groups is 1. The standard InChI is InChI=1S/C23H22INO6/c1-29-10-2-9-25-20(14-3-6-16(24)7-4-14)19(22(27)23(25)28)21(26)15-5-8-17-18(13-15)31-12-11-30-17/h3-8,13,20,26H,2,9-12H2,1H3. The molecule has 2 heterocycles. The van der Waals surface area contributed by atoms with Crippen LogP contribution in [0, 0.1) is 3.57 Å². The average Bonchev–Trinajstić information content (AvgIpc) is 3.04. The van der Waals surface area contributed by atoms with Gasteiger partial charge in [-0.15, -0.1) is 0 Å². The number of hydrogen-bond acceptors (Lipinski definition) is 6. The predicted molar refractivity (Wildman–Crippen MR) is 122 cm³/mol. The van der Waals surface area contributed by atoms with Crippen LogP contribution in [0.15, 0.2) is 48.0 Å². The minimum atomic E-state index is -0.701. The molecule has 2 aromatic rings. The molecule has 7 nitrogen and oxygen atoms in total. The Balaban J connectivity index is 1.79. The Morgan fingerprint density at radius 1 is 1.13 bits per heavy atom. The van der Waals surface area contributed by atoms with Crippen LogP contribution in [0.3, 0.4) is 0 Å². The number of nitrogens with zero attached hydrogens (tertiary/aromatic N) is 1. The first kappa shape index (κ1) is 21.6. The van der Waals surface area contributed by atoms with E-state index in [1.165, 1.54) is 4.90 Å². The lowest BCUT2D eigenvalue weighted by molar-refractivity contribution is -0.140. The number of ketones is 1. The topological polar surface area (TPSA) is 85.3 Å². The molecule has 2 aliphatic heterocycles. The van der Waals surface area contributed by atoms with Gasteiger partial charge in [0.15, 0.2) is 11.5 Å². The van der Waals surface area contributed by atoms with E-state index in [-0.39, 0.29) is 11.3 Å². The van der Waals surface area contributed by atoms with Crippen molar-refractivity contribution in [3.8, 4) is 11.5 Å². The molecule has 2 aliphatic rings. The Hall–Kier alpha value is -2.59. The summed E-state index contributed by atoms with van der Waals surface area (Å²) in [6, 6.07) is 11.9. The third-order valence-electron chi connectivity index (χ3n) is 5.29. The van der Waals surface area contributed by atoms with Gasteiger partial charge >= 0.3 is 0 Å². The van der Waals surface area contributed by atoms with Crippen LogP contribution in [0.1, 0.15) is 23.6 Å². The molecule has 0 aliphatic carbocycles. The Kier molecular flexibility index (Phi) is 6.47. The van der Waals surface area contributed by atoms with Crippen molar-refractivity contribution in [2.24, 2.45) is 0 Å². The number of ether oxygens (including phenoxy) is 3. The number of amides is 1. The molecule has 162 valence electrons. The van der Waals surface area contributed by atoms with E-state index in [0.29, 0.717) is 49.8 Å². The van der Waals surface area contributed by atoms with Gasteiger partial charge in [0, 0.05) is 29.4 Å². The molecule has 8 heteroatoms. The van der Waals surface area contributed by atoms with Crippen LogP contribution in [0.2, 0.25) is 0 Å². The van der Waals surface area contributed by atoms with Gasteiger partial charge in [0.05, 0.1) is 11.6 Å². The van der Waals surface area contributed by atoms with Gasteiger partial charge in [-0.2, -0.15) is 0 Å². The van der Waals surface area contributed by atoms with E-state index in [0.717, 1.165) is 9.13 Å². The first-order chi connectivity index (χ1) is 15.0. The van der Waals surface area contributed by atoms with E-state index in [2.05, 4.69) is 22.6 Å². The highest BCUT2D eigenvalue weighted by Gasteiger charge is 2.45. The van der Waals surface area contributed by atoms with Crippen molar-refractivity contribution in [3.63, 3.8) is 0 Å². The largest absolute Gasteiger partial charge is 0.507 e. The number of methoxy groups -OCH3 is 1. The van der Waals surface area contributed by atoms with E-state index in [9.17, 15) is 14.7 Å². The lowest BCUT2D eigenvalue weighted by Crippen LogP contribution is -2.31. The van der Waals surface area contributed by atoms with Crippen LogP contribution in [0.5, 0.6) is 11.5 Å². The maximum absolute atomic E-state index is 13.0. The highest BCUT2D eigenvalue weighted by atomic mass is 127. The lowest BCUT2D eigenvalue weighted by Gasteiger charge is -2.25. The van der Waals surface area contributed by atoms with Crippen molar-refractivity contribution in [2.75, 3.05) is 33.5 Å². The van der Waals surface area contributed by atoms with E-state index in [1.807, 2.05) is 24.3 Å². The Labute approximate surface area is 193 Å². The maximum Gasteiger partial charge on any atom is 0.295 e. The van der Waals surface area contributed by atoms with E-state index >= 15 is 0 Å². The van der Waals surface area contributed by atoms with Gasteiger partial charge in [-0.1, -0.05) is 12.1 Å². The molecule has 0 spiro atoms. The van der Waals surface area contributed by atoms with Crippen molar-refractivity contribution >= 4 is 40.0 Å². The summed E-state index contributed by atoms with van der Waals surface area (Å²) in [5, 5.41) is 11.1. The maximum atomic E-state index is 13.0. The number of rotatable bonds is 6. The number of fused-ring (bicyclic) bond motifs is 1. The monoisotopic (exact) mass is 535 g/mol. The van der Waals surface area contributed by atoms with Crippen LogP contribution >= 0.6 is 22.6 Å². The highest BCUT2D eigenvalue weighted by Crippen LogP contribution is 2.41. The second kappa shape index (κ2) is 9.27. The van der Waals surface area contributed by atoms with Crippen molar-refractivity contribution in [1.82, 2.24) is 4.90 Å². The van der Waals surface area contributed by atoms with Gasteiger partial charge in [0.1, 0.15) is 19.0 Å². The molecule has 0 saturated carbocycles. The summed E-state index contributed by atoms with van der Waals surface area (Å²) in [5.41, 5.74) is 1.23. The predicted octanol–water partition coefficient (Wildman–Crippen LogP) is 3.52. The van der Waals surface area contributed by atoms with Crippen LogP contribution < -0.4 is 9.47 Å². The fourth-order valence-electron chi connectivity index (χ4n) is 3.83. The molecule has 1 atom stereocenters. The zero-order valence-electron chi connectivity index (χ0n) is 17.0. The van der Waals surface area contributed by atoms with Gasteiger partial charge in [-0.25, -0.2) is 0 Å². The van der Waals surface area contributed by atoms with Gasteiger partial charge < -0.3 is 24.2 Å². The molecular weight excluding hydrogens is 513 g/mol. The number of carbonyl (C=O) groups excluding carboxylic acids is 2. The summed E-state index contributed by atoms with van der Waals surface area (Å²) in [6.07, 6.45) is 0.578. The second-order valence-electron chi connectivity index (χ2n) is 7.25. The summed E-state index contributed by atoms with van der Waals surface area (Å²) < 4.78 is 17.3. The average molecular weight is 535 g/mol. The minimum Gasteiger partial charge on any atom is -0.507 e. The summed E-state index contributed by atoms with van der Waals surface area (Å²) >= 11 is 2.20. The van der Waals surface area contributed by atoms with Crippen LogP contribution in [0.4, 0.5) is 0 Å². The Bertz CT molecular complexity index is 1030. The molecule has 1 fully saturated rings. The van der Waals surface area contributed by atoms with Gasteiger partial charge in [0.2, 0.25) is 0 Å². The highest BCUT2D eigenvalue weighted by molar-refractivity contribution is 14.1. The molecule has 0 aromatic heterocycles. The van der Waals surface area contributed by atoms with Crippen molar-refractivity contribution in [1.29, 1.82) is 0 Å². The van der Waals surface area contributed by atoms with Gasteiger partial charge in [0.25, 0.3) is 11.7 Å². The number of carbonyl (C=O) groups is 2. The number of halogens is 1. The molecule has 31 heavy (non-hydrogen) atoms. The Morgan fingerprint density at radius 2 is 1.84 bits per heavy atom. The van der Waals surface area contributed by atoms with Crippen LogP contribution in [-0.4, -0.2) is 55.2 Å². The smallest absolute Gasteiger partial charge is 0.295 e. The van der Waals surface area contributed by atoms with E-state index in [1.54, 1.807) is 25.3 Å². The quantitative estimate of drug-likeness (QED) is 0.201. The zero-order chi connectivity index (χ0) is 22.0. The third-order valence-corrected chi connectivity index (χ3v) is 6.01. The van der Waals surface area contributed by atoms with E-state index in [4.69, 9.17) is 14.2 Å². The summed E-state index contributed by atoms with van der Waals surface area (Å²) in [6.45, 7) is 1.67. The third kappa shape index (κ3) is 4.27. The zero-order valence-corrected chi connectivity index (χ0v) is 19.1. The van der Waals surface area contributed by atoms with Crippen LogP contribution in [-0.2, 0) is 14.3 Å². The number of likely N-dealkylation sites (tertiary alicyclic amines) is 1. The number of hydrogen-bond donors (Lipinski definition) is 1. The molecule has 4 rings (SSSR count). The number of benzene rings is 2. The first-order valence-corrected chi connectivity index (χ1v) is 11.0.